The number of nitrogens with zero attached hydrogens (tertiary/aromatic N) is 1. The van der Waals surface area contributed by atoms with E-state index in [0.717, 1.165) is 6.42 Å². The van der Waals surface area contributed by atoms with E-state index in [1.807, 2.05) is 6.92 Å². The minimum atomic E-state index is -3.49. The van der Waals surface area contributed by atoms with Crippen LogP contribution >= 0.6 is 28.3 Å². The topological polar surface area (TPSA) is 72.6 Å². The highest BCUT2D eigenvalue weighted by Gasteiger charge is 2.37. The molecule has 0 saturated carbocycles. The highest BCUT2D eigenvalue weighted by molar-refractivity contribution is 9.10. The van der Waals surface area contributed by atoms with Crippen LogP contribution in [0, 0.1) is 5.92 Å². The number of rotatable bonds is 4. The van der Waals surface area contributed by atoms with Gasteiger partial charge in [0.15, 0.2) is 0 Å². The quantitative estimate of drug-likeness (QED) is 0.843. The molecular weight excluding hydrogens is 380 g/mol. The van der Waals surface area contributed by atoms with E-state index in [0.29, 0.717) is 23.3 Å². The van der Waals surface area contributed by atoms with E-state index in [-0.39, 0.29) is 29.3 Å². The fourth-order valence-electron chi connectivity index (χ4n) is 2.56. The summed E-state index contributed by atoms with van der Waals surface area (Å²) in [5, 5.41) is 0. The van der Waals surface area contributed by atoms with Crippen LogP contribution in [-0.2, 0) is 10.0 Å². The molecule has 2 N–H and O–H groups in total. The Morgan fingerprint density at radius 1 is 1.48 bits per heavy atom. The van der Waals surface area contributed by atoms with Gasteiger partial charge in [-0.2, -0.15) is 4.31 Å². The molecule has 2 unspecified atom stereocenters. The van der Waals surface area contributed by atoms with Crippen molar-refractivity contribution in [3.63, 3.8) is 0 Å². The first-order valence-electron chi connectivity index (χ1n) is 6.45. The highest BCUT2D eigenvalue weighted by atomic mass is 79.9. The van der Waals surface area contributed by atoms with Gasteiger partial charge in [-0.05, 0) is 59.9 Å². The maximum Gasteiger partial charge on any atom is 0.243 e. The number of nitrogens with two attached hydrogens (primary N) is 1. The number of benzene rings is 1. The molecule has 1 saturated heterocycles. The van der Waals surface area contributed by atoms with Crippen LogP contribution in [0.3, 0.4) is 0 Å². The number of halogens is 2. The Balaban J connectivity index is 0.00000220. The molecule has 2 rings (SSSR count). The molecule has 0 radical (unpaired) electrons. The van der Waals surface area contributed by atoms with Gasteiger partial charge >= 0.3 is 0 Å². The van der Waals surface area contributed by atoms with Crippen LogP contribution in [0.2, 0.25) is 0 Å². The zero-order valence-electron chi connectivity index (χ0n) is 12.0. The predicted molar refractivity (Wildman–Crippen MR) is 88.5 cm³/mol. The predicted octanol–water partition coefficient (Wildman–Crippen LogP) is 2.24. The second-order valence-corrected chi connectivity index (χ2v) is 7.80. The first-order chi connectivity index (χ1) is 9.40. The Bertz CT molecular complexity index is 597. The molecular formula is C13H20BrClN2O3S. The summed E-state index contributed by atoms with van der Waals surface area (Å²) in [6.45, 7) is 2.93. The molecule has 0 spiro atoms. The number of methoxy groups -OCH3 is 1. The van der Waals surface area contributed by atoms with E-state index in [9.17, 15) is 8.42 Å². The minimum Gasteiger partial charge on any atom is -0.496 e. The minimum absolute atomic E-state index is 0. The van der Waals surface area contributed by atoms with Crippen molar-refractivity contribution in [2.24, 2.45) is 11.7 Å². The lowest BCUT2D eigenvalue weighted by Crippen LogP contribution is -2.34. The molecule has 1 aromatic rings. The van der Waals surface area contributed by atoms with Crippen LogP contribution in [0.15, 0.2) is 27.6 Å². The molecule has 1 fully saturated rings. The van der Waals surface area contributed by atoms with Crippen molar-refractivity contribution in [2.45, 2.75) is 24.3 Å². The summed E-state index contributed by atoms with van der Waals surface area (Å²) in [7, 11) is -1.94. The van der Waals surface area contributed by atoms with Gasteiger partial charge in [-0.25, -0.2) is 8.42 Å². The van der Waals surface area contributed by atoms with Gasteiger partial charge in [-0.3, -0.25) is 0 Å². The van der Waals surface area contributed by atoms with E-state index in [1.54, 1.807) is 29.6 Å². The Labute approximate surface area is 140 Å². The van der Waals surface area contributed by atoms with Crippen LogP contribution < -0.4 is 10.5 Å². The Morgan fingerprint density at radius 3 is 2.62 bits per heavy atom. The van der Waals surface area contributed by atoms with E-state index < -0.39 is 10.0 Å². The zero-order valence-corrected chi connectivity index (χ0v) is 15.2. The van der Waals surface area contributed by atoms with Gasteiger partial charge in [0, 0.05) is 12.6 Å². The molecule has 21 heavy (non-hydrogen) atoms. The summed E-state index contributed by atoms with van der Waals surface area (Å²) in [5.74, 6) is 0.847. The lowest BCUT2D eigenvalue weighted by atomic mass is 10.1. The van der Waals surface area contributed by atoms with Crippen LogP contribution in [0.25, 0.3) is 0 Å². The molecule has 5 nitrogen and oxygen atoms in total. The van der Waals surface area contributed by atoms with E-state index in [4.69, 9.17) is 10.5 Å². The molecule has 8 heteroatoms. The highest BCUT2D eigenvalue weighted by Crippen LogP contribution is 2.32. The van der Waals surface area contributed by atoms with Crippen LogP contribution in [0.4, 0.5) is 0 Å². The van der Waals surface area contributed by atoms with Gasteiger partial charge in [0.05, 0.1) is 16.5 Å². The lowest BCUT2D eigenvalue weighted by molar-refractivity contribution is 0.403. The van der Waals surface area contributed by atoms with Gasteiger partial charge in [-0.15, -0.1) is 12.4 Å². The first kappa shape index (κ1) is 18.7. The average Bonchev–Trinajstić information content (AvgIpc) is 2.80. The van der Waals surface area contributed by atoms with E-state index in [2.05, 4.69) is 15.9 Å². The fraction of sp³-hybridized carbons (Fsp3) is 0.538. The summed E-state index contributed by atoms with van der Waals surface area (Å²) in [4.78, 5) is 0.273. The summed E-state index contributed by atoms with van der Waals surface area (Å²) in [6, 6.07) is 4.78. The van der Waals surface area contributed by atoms with E-state index >= 15 is 0 Å². The van der Waals surface area contributed by atoms with Crippen LogP contribution in [0.5, 0.6) is 5.75 Å². The molecule has 1 aliphatic rings. The van der Waals surface area contributed by atoms with Crippen LogP contribution in [-0.4, -0.2) is 39.0 Å². The lowest BCUT2D eigenvalue weighted by Gasteiger charge is -2.21. The Kier molecular flexibility index (Phi) is 6.49. The summed E-state index contributed by atoms with van der Waals surface area (Å²) in [6.07, 6.45) is 0.813. The van der Waals surface area contributed by atoms with Crippen molar-refractivity contribution in [1.29, 1.82) is 0 Å². The van der Waals surface area contributed by atoms with Crippen molar-refractivity contribution in [3.05, 3.63) is 22.7 Å². The first-order valence-corrected chi connectivity index (χ1v) is 8.69. The second kappa shape index (κ2) is 7.28. The molecule has 120 valence electrons. The third-order valence-electron chi connectivity index (χ3n) is 3.67. The molecule has 1 aromatic carbocycles. The van der Waals surface area contributed by atoms with Crippen molar-refractivity contribution in [2.75, 3.05) is 20.2 Å². The summed E-state index contributed by atoms with van der Waals surface area (Å²) < 4.78 is 32.7. The third-order valence-corrected chi connectivity index (χ3v) is 6.26. The maximum atomic E-state index is 12.7. The van der Waals surface area contributed by atoms with Gasteiger partial charge in [-0.1, -0.05) is 0 Å². The van der Waals surface area contributed by atoms with Gasteiger partial charge in [0.2, 0.25) is 10.0 Å². The largest absolute Gasteiger partial charge is 0.496 e. The number of sulfonamides is 1. The zero-order chi connectivity index (χ0) is 14.9. The molecule has 0 aliphatic carbocycles. The number of hydrogen-bond acceptors (Lipinski definition) is 4. The maximum absolute atomic E-state index is 12.7. The average molecular weight is 400 g/mol. The number of ether oxygens (including phenoxy) is 1. The van der Waals surface area contributed by atoms with Crippen molar-refractivity contribution in [3.8, 4) is 5.75 Å². The van der Waals surface area contributed by atoms with Gasteiger partial charge in [0.1, 0.15) is 5.75 Å². The standard InChI is InChI=1S/C13H19BrN2O3S.ClH/c1-9-5-10(7-15)8-16(9)20(17,18)11-3-4-13(19-2)12(14)6-11;/h3-4,6,9-10H,5,7-8,15H2,1-2H3;1H. The molecule has 0 amide bonds. The second-order valence-electron chi connectivity index (χ2n) is 5.06. The van der Waals surface area contributed by atoms with Crippen LogP contribution in [0.1, 0.15) is 13.3 Å². The Morgan fingerprint density at radius 2 is 2.14 bits per heavy atom. The summed E-state index contributed by atoms with van der Waals surface area (Å²) >= 11 is 3.32. The fourth-order valence-corrected chi connectivity index (χ4v) is 4.99. The van der Waals surface area contributed by atoms with Crippen molar-refractivity contribution in [1.82, 2.24) is 4.31 Å². The molecule has 1 heterocycles. The summed E-state index contributed by atoms with van der Waals surface area (Å²) in [5.41, 5.74) is 5.66. The smallest absolute Gasteiger partial charge is 0.243 e. The SMILES string of the molecule is COc1ccc(S(=O)(=O)N2CC(CN)CC2C)cc1Br.Cl. The Hall–Kier alpha value is -0.340. The molecule has 2 atom stereocenters. The molecule has 1 aliphatic heterocycles. The van der Waals surface area contributed by atoms with Gasteiger partial charge in [0.25, 0.3) is 0 Å². The number of hydrogen-bond donors (Lipinski definition) is 1. The van der Waals surface area contributed by atoms with Crippen molar-refractivity contribution < 1.29 is 13.2 Å². The molecule has 0 bridgehead atoms. The van der Waals surface area contributed by atoms with Gasteiger partial charge < -0.3 is 10.5 Å². The van der Waals surface area contributed by atoms with Crippen molar-refractivity contribution >= 4 is 38.4 Å². The monoisotopic (exact) mass is 398 g/mol. The van der Waals surface area contributed by atoms with E-state index in [1.165, 1.54) is 0 Å². The third kappa shape index (κ3) is 3.71. The normalized spacial score (nSPS) is 22.9. The molecule has 0 aromatic heterocycles.